The van der Waals surface area contributed by atoms with Crippen molar-refractivity contribution >= 4 is 17.5 Å². The molecule has 3 rings (SSSR count). The van der Waals surface area contributed by atoms with Crippen molar-refractivity contribution < 1.29 is 14.7 Å². The summed E-state index contributed by atoms with van der Waals surface area (Å²) in [6, 6.07) is 14.6. The van der Waals surface area contributed by atoms with Gasteiger partial charge in [0.05, 0.1) is 17.7 Å². The highest BCUT2D eigenvalue weighted by Gasteiger charge is 2.34. The minimum Gasteiger partial charge on any atom is -0.392 e. The van der Waals surface area contributed by atoms with E-state index in [-0.39, 0.29) is 24.5 Å². The summed E-state index contributed by atoms with van der Waals surface area (Å²) >= 11 is 0. The van der Waals surface area contributed by atoms with Crippen molar-refractivity contribution in [3.63, 3.8) is 0 Å². The highest BCUT2D eigenvalue weighted by atomic mass is 16.3. The van der Waals surface area contributed by atoms with E-state index in [1.165, 1.54) is 4.90 Å². The molecule has 1 aliphatic heterocycles. The van der Waals surface area contributed by atoms with Gasteiger partial charge in [-0.15, -0.1) is 0 Å². The molecule has 0 spiro atoms. The summed E-state index contributed by atoms with van der Waals surface area (Å²) in [6.07, 6.45) is 0.648. The monoisotopic (exact) mass is 324 g/mol. The average molecular weight is 324 g/mol. The molecule has 124 valence electrons. The molecule has 24 heavy (non-hydrogen) atoms. The zero-order valence-corrected chi connectivity index (χ0v) is 13.5. The van der Waals surface area contributed by atoms with Crippen LogP contribution in [0.3, 0.4) is 0 Å². The number of nitrogens with one attached hydrogen (secondary N) is 1. The SMILES string of the molecule is C[C@@H](CCN1C(=O)c2ccccc2C1=O)Nc1cccc(CO)c1. The number of aliphatic hydroxyl groups is 1. The molecule has 0 aliphatic carbocycles. The fraction of sp³-hybridized carbons (Fsp3) is 0.263. The lowest BCUT2D eigenvalue weighted by atomic mass is 10.1. The van der Waals surface area contributed by atoms with Crippen LogP contribution in [0.25, 0.3) is 0 Å². The number of amides is 2. The normalized spacial score (nSPS) is 14.7. The maximum Gasteiger partial charge on any atom is 0.261 e. The minimum absolute atomic E-state index is 0.00105. The number of benzene rings is 2. The van der Waals surface area contributed by atoms with Crippen LogP contribution in [0.4, 0.5) is 5.69 Å². The highest BCUT2D eigenvalue weighted by Crippen LogP contribution is 2.23. The molecule has 0 saturated heterocycles. The first kappa shape index (κ1) is 16.2. The second-order valence-electron chi connectivity index (χ2n) is 6.00. The summed E-state index contributed by atoms with van der Waals surface area (Å²) in [4.78, 5) is 25.9. The van der Waals surface area contributed by atoms with Gasteiger partial charge in [0.15, 0.2) is 0 Å². The quantitative estimate of drug-likeness (QED) is 0.802. The van der Waals surface area contributed by atoms with Crippen LogP contribution < -0.4 is 5.32 Å². The predicted molar refractivity (Wildman–Crippen MR) is 91.9 cm³/mol. The largest absolute Gasteiger partial charge is 0.392 e. The van der Waals surface area contributed by atoms with E-state index in [0.29, 0.717) is 24.1 Å². The Hall–Kier alpha value is -2.66. The van der Waals surface area contributed by atoms with Crippen LogP contribution in [0.1, 0.15) is 39.6 Å². The lowest BCUT2D eigenvalue weighted by Gasteiger charge is -2.19. The van der Waals surface area contributed by atoms with Gasteiger partial charge < -0.3 is 10.4 Å². The van der Waals surface area contributed by atoms with Gasteiger partial charge in [0.2, 0.25) is 0 Å². The van der Waals surface area contributed by atoms with E-state index >= 15 is 0 Å². The van der Waals surface area contributed by atoms with E-state index < -0.39 is 0 Å². The van der Waals surface area contributed by atoms with Gasteiger partial charge in [-0.3, -0.25) is 14.5 Å². The second-order valence-corrected chi connectivity index (χ2v) is 6.00. The number of rotatable bonds is 6. The number of nitrogens with zero attached hydrogens (tertiary/aromatic N) is 1. The van der Waals surface area contributed by atoms with E-state index in [4.69, 9.17) is 0 Å². The molecule has 2 N–H and O–H groups in total. The zero-order valence-electron chi connectivity index (χ0n) is 13.5. The van der Waals surface area contributed by atoms with Crippen molar-refractivity contribution in [1.29, 1.82) is 0 Å². The number of fused-ring (bicyclic) bond motifs is 1. The average Bonchev–Trinajstić information content (AvgIpc) is 2.84. The Kier molecular flexibility index (Phi) is 4.62. The zero-order chi connectivity index (χ0) is 17.1. The van der Waals surface area contributed by atoms with Crippen molar-refractivity contribution in [2.45, 2.75) is 26.0 Å². The maximum atomic E-state index is 12.3. The fourth-order valence-electron chi connectivity index (χ4n) is 2.88. The first-order chi connectivity index (χ1) is 11.6. The molecular formula is C19H20N2O3. The number of aliphatic hydroxyl groups excluding tert-OH is 1. The van der Waals surface area contributed by atoms with E-state index in [2.05, 4.69) is 5.32 Å². The van der Waals surface area contributed by atoms with E-state index in [1.54, 1.807) is 24.3 Å². The van der Waals surface area contributed by atoms with E-state index in [1.807, 2.05) is 31.2 Å². The molecule has 2 amide bonds. The molecule has 0 saturated carbocycles. The van der Waals surface area contributed by atoms with Crippen molar-refractivity contribution in [3.8, 4) is 0 Å². The topological polar surface area (TPSA) is 69.6 Å². The Morgan fingerprint density at radius 3 is 2.33 bits per heavy atom. The van der Waals surface area contributed by atoms with Gasteiger partial charge in [-0.25, -0.2) is 0 Å². The molecule has 0 radical (unpaired) electrons. The first-order valence-corrected chi connectivity index (χ1v) is 8.01. The lowest BCUT2D eigenvalue weighted by molar-refractivity contribution is 0.0651. The lowest BCUT2D eigenvalue weighted by Crippen LogP contribution is -2.33. The van der Waals surface area contributed by atoms with E-state index in [0.717, 1.165) is 11.3 Å². The smallest absolute Gasteiger partial charge is 0.261 e. The Labute approximate surface area is 140 Å². The molecule has 1 heterocycles. The number of anilines is 1. The number of hydrogen-bond acceptors (Lipinski definition) is 4. The van der Waals surface area contributed by atoms with Crippen molar-refractivity contribution in [2.24, 2.45) is 0 Å². The van der Waals surface area contributed by atoms with Crippen LogP contribution in [0.2, 0.25) is 0 Å². The van der Waals surface area contributed by atoms with Gasteiger partial charge in [-0.05, 0) is 43.2 Å². The molecular weight excluding hydrogens is 304 g/mol. The summed E-state index contributed by atoms with van der Waals surface area (Å²) in [5, 5.41) is 12.5. The van der Waals surface area contributed by atoms with Crippen LogP contribution >= 0.6 is 0 Å². The van der Waals surface area contributed by atoms with Gasteiger partial charge in [-0.2, -0.15) is 0 Å². The standard InChI is InChI=1S/C19H20N2O3/c1-13(20-15-6-4-5-14(11-15)12-22)9-10-21-18(23)16-7-2-3-8-17(16)19(21)24/h2-8,11,13,20,22H,9-10,12H2,1H3/t13-/m0/s1. The molecule has 1 aliphatic rings. The molecule has 2 aromatic carbocycles. The highest BCUT2D eigenvalue weighted by molar-refractivity contribution is 6.21. The third-order valence-corrected chi connectivity index (χ3v) is 4.19. The van der Waals surface area contributed by atoms with Crippen molar-refractivity contribution in [1.82, 2.24) is 4.90 Å². The number of carbonyl (C=O) groups excluding carboxylic acids is 2. The Balaban J connectivity index is 1.60. The van der Waals surface area contributed by atoms with Crippen molar-refractivity contribution in [2.75, 3.05) is 11.9 Å². The van der Waals surface area contributed by atoms with Crippen LogP contribution in [-0.2, 0) is 6.61 Å². The maximum absolute atomic E-state index is 12.3. The molecule has 5 nitrogen and oxygen atoms in total. The van der Waals surface area contributed by atoms with Gasteiger partial charge >= 0.3 is 0 Å². The van der Waals surface area contributed by atoms with E-state index in [9.17, 15) is 14.7 Å². The minimum atomic E-state index is -0.218. The fourth-order valence-corrected chi connectivity index (χ4v) is 2.88. The molecule has 0 fully saturated rings. The second kappa shape index (κ2) is 6.84. The summed E-state index contributed by atoms with van der Waals surface area (Å²) in [5.74, 6) is -0.435. The third-order valence-electron chi connectivity index (χ3n) is 4.19. The summed E-state index contributed by atoms with van der Waals surface area (Å²) in [6.45, 7) is 2.38. The van der Waals surface area contributed by atoms with Crippen LogP contribution in [0.5, 0.6) is 0 Å². The summed E-state index contributed by atoms with van der Waals surface area (Å²) in [7, 11) is 0. The molecule has 5 heteroatoms. The Morgan fingerprint density at radius 2 is 1.71 bits per heavy atom. The van der Waals surface area contributed by atoms with Gasteiger partial charge in [0, 0.05) is 18.3 Å². The van der Waals surface area contributed by atoms with Gasteiger partial charge in [0.25, 0.3) is 11.8 Å². The van der Waals surface area contributed by atoms with Gasteiger partial charge in [-0.1, -0.05) is 24.3 Å². The molecule has 0 bridgehead atoms. The number of hydrogen-bond donors (Lipinski definition) is 2. The Bertz CT molecular complexity index is 738. The summed E-state index contributed by atoms with van der Waals surface area (Å²) in [5.41, 5.74) is 2.72. The van der Waals surface area contributed by atoms with Crippen LogP contribution in [0, 0.1) is 0 Å². The summed E-state index contributed by atoms with van der Waals surface area (Å²) < 4.78 is 0. The molecule has 0 aromatic heterocycles. The number of carbonyl (C=O) groups is 2. The van der Waals surface area contributed by atoms with Crippen molar-refractivity contribution in [3.05, 3.63) is 65.2 Å². The van der Waals surface area contributed by atoms with Crippen LogP contribution in [-0.4, -0.2) is 34.4 Å². The molecule has 1 atom stereocenters. The van der Waals surface area contributed by atoms with Gasteiger partial charge in [0.1, 0.15) is 0 Å². The third kappa shape index (κ3) is 3.16. The van der Waals surface area contributed by atoms with Crippen LogP contribution in [0.15, 0.2) is 48.5 Å². The number of imide groups is 1. The molecule has 2 aromatic rings. The Morgan fingerprint density at radius 1 is 1.04 bits per heavy atom. The predicted octanol–water partition coefficient (Wildman–Crippen LogP) is 2.67. The molecule has 0 unspecified atom stereocenters. The first-order valence-electron chi connectivity index (χ1n) is 8.01.